The van der Waals surface area contributed by atoms with E-state index >= 15 is 0 Å². The Hall–Kier alpha value is 0. The molecule has 0 aliphatic rings. The molecule has 0 aromatic heterocycles. The Morgan fingerprint density at radius 1 is 0.667 bits per heavy atom. The van der Waals surface area contributed by atoms with Crippen LogP contribution in [0.2, 0.25) is 0 Å². The quantitative estimate of drug-likeness (QED) is 0.380. The van der Waals surface area contributed by atoms with Crippen LogP contribution in [-0.4, -0.2) is 0 Å². The molecule has 0 aromatic carbocycles. The van der Waals surface area contributed by atoms with Gasteiger partial charge in [0.1, 0.15) is 0 Å². The van der Waals surface area contributed by atoms with Crippen LogP contribution in [0.1, 0.15) is 114 Å². The summed E-state index contributed by atoms with van der Waals surface area (Å²) in [6.45, 7) is 21.9. The largest absolute Gasteiger partial charge is 0.0654 e. The van der Waals surface area contributed by atoms with Crippen LogP contribution in [-0.2, 0) is 0 Å². The third-order valence-corrected chi connectivity index (χ3v) is 5.71. The van der Waals surface area contributed by atoms with Crippen molar-refractivity contribution in [1.29, 1.82) is 0 Å². The maximum atomic E-state index is 2.48. The van der Waals surface area contributed by atoms with Crippen molar-refractivity contribution >= 4 is 0 Å². The first-order chi connectivity index (χ1) is 9.48. The van der Waals surface area contributed by atoms with E-state index in [0.717, 1.165) is 5.92 Å². The lowest BCUT2D eigenvalue weighted by Gasteiger charge is -2.55. The van der Waals surface area contributed by atoms with Crippen LogP contribution < -0.4 is 0 Å². The maximum Gasteiger partial charge on any atom is -0.0200 e. The average molecular weight is 297 g/mol. The van der Waals surface area contributed by atoms with Gasteiger partial charge < -0.3 is 0 Å². The van der Waals surface area contributed by atoms with Gasteiger partial charge in [0, 0.05) is 0 Å². The second-order valence-electron chi connectivity index (χ2n) is 9.68. The first-order valence-electron chi connectivity index (χ1n) is 9.48. The van der Waals surface area contributed by atoms with Crippen LogP contribution >= 0.6 is 0 Å². The summed E-state index contributed by atoms with van der Waals surface area (Å²) in [6.07, 6.45) is 11.1. The SMILES string of the molecule is CCCCCCC(CCCC(C)C)(C(C)(C)C)C(C)(C)C. The van der Waals surface area contributed by atoms with E-state index in [0.29, 0.717) is 16.2 Å². The minimum atomic E-state index is 0.383. The molecule has 21 heavy (non-hydrogen) atoms. The summed E-state index contributed by atoms with van der Waals surface area (Å²) in [6, 6.07) is 0. The fourth-order valence-electron chi connectivity index (χ4n) is 4.42. The molecular formula is C21H44. The van der Waals surface area contributed by atoms with Gasteiger partial charge in [-0.05, 0) is 35.0 Å². The summed E-state index contributed by atoms with van der Waals surface area (Å²) in [5.41, 5.74) is 1.23. The minimum absolute atomic E-state index is 0.383. The molecule has 0 aromatic rings. The Kier molecular flexibility index (Phi) is 8.59. The summed E-state index contributed by atoms with van der Waals surface area (Å²) in [5.74, 6) is 0.836. The van der Waals surface area contributed by atoms with Gasteiger partial charge in [-0.15, -0.1) is 0 Å². The fourth-order valence-corrected chi connectivity index (χ4v) is 4.42. The normalized spacial score (nSPS) is 14.0. The molecule has 0 radical (unpaired) electrons. The van der Waals surface area contributed by atoms with Gasteiger partial charge in [0.15, 0.2) is 0 Å². The Labute approximate surface area is 136 Å². The van der Waals surface area contributed by atoms with Crippen molar-refractivity contribution in [3.63, 3.8) is 0 Å². The highest BCUT2D eigenvalue weighted by Crippen LogP contribution is 2.57. The maximum absolute atomic E-state index is 2.48. The monoisotopic (exact) mass is 296 g/mol. The standard InChI is InChI=1S/C21H44/c1-10-11-12-13-16-21(19(4,5)6,20(7,8)9)17-14-15-18(2)3/h18H,10-17H2,1-9H3. The lowest BCUT2D eigenvalue weighted by atomic mass is 9.50. The predicted molar refractivity (Wildman–Crippen MR) is 98.8 cm³/mol. The molecule has 128 valence electrons. The summed E-state index contributed by atoms with van der Waals surface area (Å²) >= 11 is 0. The molecule has 0 bridgehead atoms. The summed E-state index contributed by atoms with van der Waals surface area (Å²) < 4.78 is 0. The molecule has 0 atom stereocenters. The van der Waals surface area contributed by atoms with E-state index in [1.807, 2.05) is 0 Å². The summed E-state index contributed by atoms with van der Waals surface area (Å²) in [7, 11) is 0. The molecular weight excluding hydrogens is 252 g/mol. The van der Waals surface area contributed by atoms with Gasteiger partial charge in [-0.25, -0.2) is 0 Å². The first kappa shape index (κ1) is 21.0. The minimum Gasteiger partial charge on any atom is -0.0654 e. The zero-order valence-electron chi connectivity index (χ0n) is 16.7. The molecule has 0 saturated heterocycles. The molecule has 0 fully saturated rings. The van der Waals surface area contributed by atoms with E-state index in [4.69, 9.17) is 0 Å². The molecule has 0 unspecified atom stereocenters. The van der Waals surface area contributed by atoms with Crippen LogP contribution in [0.25, 0.3) is 0 Å². The second-order valence-corrected chi connectivity index (χ2v) is 9.68. The highest BCUT2D eigenvalue weighted by molar-refractivity contribution is 4.98. The van der Waals surface area contributed by atoms with Gasteiger partial charge in [0.05, 0.1) is 0 Å². The zero-order chi connectivity index (χ0) is 16.7. The van der Waals surface area contributed by atoms with Crippen LogP contribution in [0.5, 0.6) is 0 Å². The third-order valence-electron chi connectivity index (χ3n) is 5.71. The van der Waals surface area contributed by atoms with E-state index in [1.165, 1.54) is 51.4 Å². The van der Waals surface area contributed by atoms with Crippen molar-refractivity contribution in [3.05, 3.63) is 0 Å². The topological polar surface area (TPSA) is 0 Å². The number of rotatable bonds is 9. The Bertz CT molecular complexity index is 245. The lowest BCUT2D eigenvalue weighted by molar-refractivity contribution is -0.0525. The molecule has 0 rings (SSSR count). The fraction of sp³-hybridized carbons (Fsp3) is 1.00. The molecule has 0 heteroatoms. The van der Waals surface area contributed by atoms with Gasteiger partial charge >= 0.3 is 0 Å². The van der Waals surface area contributed by atoms with Gasteiger partial charge in [0.25, 0.3) is 0 Å². The van der Waals surface area contributed by atoms with Crippen LogP contribution in [0.15, 0.2) is 0 Å². The van der Waals surface area contributed by atoms with E-state index in [2.05, 4.69) is 62.3 Å². The molecule has 0 aliphatic carbocycles. The smallest absolute Gasteiger partial charge is 0.0200 e. The number of hydrogen-bond acceptors (Lipinski definition) is 0. The summed E-state index contributed by atoms with van der Waals surface area (Å²) in [4.78, 5) is 0. The highest BCUT2D eigenvalue weighted by atomic mass is 14.5. The Balaban J connectivity index is 5.07. The third kappa shape index (κ3) is 6.33. The zero-order valence-corrected chi connectivity index (χ0v) is 16.7. The molecule has 0 heterocycles. The van der Waals surface area contributed by atoms with Crippen molar-refractivity contribution < 1.29 is 0 Å². The molecule has 0 aliphatic heterocycles. The predicted octanol–water partition coefficient (Wildman–Crippen LogP) is 7.86. The van der Waals surface area contributed by atoms with Crippen molar-refractivity contribution in [2.45, 2.75) is 114 Å². The Morgan fingerprint density at radius 2 is 1.14 bits per heavy atom. The van der Waals surface area contributed by atoms with E-state index in [-0.39, 0.29) is 0 Å². The lowest BCUT2D eigenvalue weighted by Crippen LogP contribution is -2.46. The molecule has 0 nitrogen and oxygen atoms in total. The number of hydrogen-bond donors (Lipinski definition) is 0. The van der Waals surface area contributed by atoms with Crippen molar-refractivity contribution in [3.8, 4) is 0 Å². The van der Waals surface area contributed by atoms with Crippen LogP contribution in [0.3, 0.4) is 0 Å². The van der Waals surface area contributed by atoms with Gasteiger partial charge in [-0.2, -0.15) is 0 Å². The van der Waals surface area contributed by atoms with Crippen molar-refractivity contribution in [1.82, 2.24) is 0 Å². The van der Waals surface area contributed by atoms with Gasteiger partial charge in [-0.1, -0.05) is 101 Å². The van der Waals surface area contributed by atoms with E-state index < -0.39 is 0 Å². The summed E-state index contributed by atoms with van der Waals surface area (Å²) in [5, 5.41) is 0. The number of unbranched alkanes of at least 4 members (excludes halogenated alkanes) is 3. The molecule has 0 amide bonds. The first-order valence-corrected chi connectivity index (χ1v) is 9.48. The van der Waals surface area contributed by atoms with Crippen LogP contribution in [0, 0.1) is 22.2 Å². The van der Waals surface area contributed by atoms with Gasteiger partial charge in [-0.3, -0.25) is 0 Å². The van der Waals surface area contributed by atoms with Crippen LogP contribution in [0.4, 0.5) is 0 Å². The van der Waals surface area contributed by atoms with Gasteiger partial charge in [0.2, 0.25) is 0 Å². The van der Waals surface area contributed by atoms with E-state index in [1.54, 1.807) is 0 Å². The van der Waals surface area contributed by atoms with E-state index in [9.17, 15) is 0 Å². The van der Waals surface area contributed by atoms with Crippen molar-refractivity contribution in [2.75, 3.05) is 0 Å². The highest BCUT2D eigenvalue weighted by Gasteiger charge is 2.48. The second kappa shape index (κ2) is 8.59. The van der Waals surface area contributed by atoms with Crippen molar-refractivity contribution in [2.24, 2.45) is 22.2 Å². The molecule has 0 N–H and O–H groups in total. The molecule has 0 spiro atoms. The average Bonchev–Trinajstić information content (AvgIpc) is 2.28. The Morgan fingerprint density at radius 3 is 1.52 bits per heavy atom. The molecule has 0 saturated carbocycles.